The van der Waals surface area contributed by atoms with Crippen molar-refractivity contribution in [2.24, 2.45) is 5.73 Å². The third-order valence-electron chi connectivity index (χ3n) is 3.33. The molecule has 0 saturated heterocycles. The highest BCUT2D eigenvalue weighted by atomic mass is 32.1. The molecule has 0 unspecified atom stereocenters. The zero-order chi connectivity index (χ0) is 14.5. The first-order valence-corrected chi connectivity index (χ1v) is 8.01. The van der Waals surface area contributed by atoms with Crippen LogP contribution in [0.25, 0.3) is 0 Å². The van der Waals surface area contributed by atoms with Gasteiger partial charge in [0.25, 0.3) is 0 Å². The van der Waals surface area contributed by atoms with Crippen LogP contribution in [0.1, 0.15) is 29.9 Å². The topological polar surface area (TPSA) is 29.3 Å². The summed E-state index contributed by atoms with van der Waals surface area (Å²) in [5.41, 5.74) is 8.00. The molecule has 2 N–H and O–H groups in total. The van der Waals surface area contributed by atoms with E-state index in [2.05, 4.69) is 42.3 Å². The van der Waals surface area contributed by atoms with E-state index in [0.29, 0.717) is 11.0 Å². The number of thiocarbonyl (C=S) groups is 1. The highest BCUT2D eigenvalue weighted by Crippen LogP contribution is 2.18. The van der Waals surface area contributed by atoms with Gasteiger partial charge in [-0.1, -0.05) is 42.5 Å². The molecule has 20 heavy (non-hydrogen) atoms. The summed E-state index contributed by atoms with van der Waals surface area (Å²) in [5.74, 6) is 0. The monoisotopic (exact) mass is 304 g/mol. The number of nitrogens with two attached hydrogens (primary N) is 1. The van der Waals surface area contributed by atoms with Crippen LogP contribution in [-0.2, 0) is 13.1 Å². The van der Waals surface area contributed by atoms with Gasteiger partial charge in [-0.3, -0.25) is 4.90 Å². The van der Waals surface area contributed by atoms with Crippen molar-refractivity contribution in [2.75, 3.05) is 0 Å². The van der Waals surface area contributed by atoms with Crippen molar-refractivity contribution in [3.8, 4) is 0 Å². The van der Waals surface area contributed by atoms with Crippen LogP contribution in [0.2, 0.25) is 0 Å². The van der Waals surface area contributed by atoms with Gasteiger partial charge in [0.2, 0.25) is 0 Å². The lowest BCUT2D eigenvalue weighted by molar-refractivity contribution is 0.205. The van der Waals surface area contributed by atoms with Crippen molar-refractivity contribution in [3.63, 3.8) is 0 Å². The maximum Gasteiger partial charge on any atom is 0.104 e. The SMILES string of the molecule is CC(C)N(Cc1cccs1)Cc1ccccc1C(N)=S. The van der Waals surface area contributed by atoms with Gasteiger partial charge in [0.1, 0.15) is 4.99 Å². The minimum absolute atomic E-state index is 0.469. The van der Waals surface area contributed by atoms with Crippen LogP contribution in [0.3, 0.4) is 0 Å². The van der Waals surface area contributed by atoms with Crippen molar-refractivity contribution < 1.29 is 0 Å². The van der Waals surface area contributed by atoms with Gasteiger partial charge in [-0.2, -0.15) is 0 Å². The second-order valence-electron chi connectivity index (χ2n) is 5.10. The second-order valence-corrected chi connectivity index (χ2v) is 6.57. The summed E-state index contributed by atoms with van der Waals surface area (Å²) in [6.07, 6.45) is 0. The van der Waals surface area contributed by atoms with E-state index in [1.807, 2.05) is 18.2 Å². The van der Waals surface area contributed by atoms with Gasteiger partial charge >= 0.3 is 0 Å². The standard InChI is InChI=1S/C16H20N2S2/c1-12(2)18(11-14-7-5-9-20-14)10-13-6-3-4-8-15(13)16(17)19/h3-9,12H,10-11H2,1-2H3,(H2,17,19). The molecule has 0 atom stereocenters. The Bertz CT molecular complexity index is 562. The Labute approximate surface area is 130 Å². The zero-order valence-electron chi connectivity index (χ0n) is 11.9. The molecule has 0 amide bonds. The van der Waals surface area contributed by atoms with Crippen molar-refractivity contribution in [2.45, 2.75) is 33.0 Å². The molecule has 0 aliphatic heterocycles. The average Bonchev–Trinajstić information content (AvgIpc) is 2.91. The van der Waals surface area contributed by atoms with Crippen LogP contribution in [0.15, 0.2) is 41.8 Å². The van der Waals surface area contributed by atoms with E-state index in [4.69, 9.17) is 18.0 Å². The molecule has 0 aliphatic carbocycles. The van der Waals surface area contributed by atoms with Gasteiger partial charge in [-0.25, -0.2) is 0 Å². The van der Waals surface area contributed by atoms with Crippen LogP contribution in [-0.4, -0.2) is 15.9 Å². The summed E-state index contributed by atoms with van der Waals surface area (Å²) >= 11 is 6.94. The predicted molar refractivity (Wildman–Crippen MR) is 91.0 cm³/mol. The van der Waals surface area contributed by atoms with E-state index in [1.54, 1.807) is 11.3 Å². The van der Waals surface area contributed by atoms with E-state index in [0.717, 1.165) is 18.7 Å². The Morgan fingerprint density at radius 1 is 1.20 bits per heavy atom. The maximum absolute atomic E-state index is 5.82. The molecular formula is C16H20N2S2. The molecule has 0 aliphatic rings. The van der Waals surface area contributed by atoms with Crippen LogP contribution in [0.5, 0.6) is 0 Å². The van der Waals surface area contributed by atoms with Crippen LogP contribution >= 0.6 is 23.6 Å². The minimum Gasteiger partial charge on any atom is -0.389 e. The minimum atomic E-state index is 0.469. The quantitative estimate of drug-likeness (QED) is 0.823. The fraction of sp³-hybridized carbons (Fsp3) is 0.312. The molecule has 0 bridgehead atoms. The van der Waals surface area contributed by atoms with Gasteiger partial charge < -0.3 is 5.73 Å². The van der Waals surface area contributed by atoms with Crippen molar-refractivity contribution >= 4 is 28.5 Å². The fourth-order valence-corrected chi connectivity index (χ4v) is 3.07. The fourth-order valence-electron chi connectivity index (χ4n) is 2.14. The average molecular weight is 304 g/mol. The molecule has 1 heterocycles. The molecule has 1 aromatic heterocycles. The molecule has 0 radical (unpaired) electrons. The van der Waals surface area contributed by atoms with Crippen LogP contribution in [0.4, 0.5) is 0 Å². The molecular weight excluding hydrogens is 284 g/mol. The van der Waals surface area contributed by atoms with E-state index in [9.17, 15) is 0 Å². The summed E-state index contributed by atoms with van der Waals surface area (Å²) in [7, 11) is 0. The Morgan fingerprint density at radius 3 is 2.55 bits per heavy atom. The zero-order valence-corrected chi connectivity index (χ0v) is 13.5. The molecule has 1 aromatic carbocycles. The number of thiophene rings is 1. The summed E-state index contributed by atoms with van der Waals surface area (Å²) in [6, 6.07) is 12.9. The van der Waals surface area contributed by atoms with Crippen molar-refractivity contribution in [3.05, 3.63) is 57.8 Å². The largest absolute Gasteiger partial charge is 0.389 e. The van der Waals surface area contributed by atoms with Gasteiger partial charge in [0, 0.05) is 29.6 Å². The maximum atomic E-state index is 5.82. The van der Waals surface area contributed by atoms with E-state index >= 15 is 0 Å². The smallest absolute Gasteiger partial charge is 0.104 e. The van der Waals surface area contributed by atoms with E-state index < -0.39 is 0 Å². The number of benzene rings is 1. The van der Waals surface area contributed by atoms with Crippen LogP contribution in [0, 0.1) is 0 Å². The number of hydrogen-bond acceptors (Lipinski definition) is 3. The molecule has 4 heteroatoms. The third kappa shape index (κ3) is 3.88. The highest BCUT2D eigenvalue weighted by Gasteiger charge is 2.14. The molecule has 2 aromatic rings. The Kier molecular flexibility index (Phi) is 5.29. The Hall–Kier alpha value is -1.23. The Morgan fingerprint density at radius 2 is 1.95 bits per heavy atom. The molecule has 0 fully saturated rings. The molecule has 2 nitrogen and oxygen atoms in total. The van der Waals surface area contributed by atoms with E-state index in [1.165, 1.54) is 10.4 Å². The molecule has 2 rings (SSSR count). The lowest BCUT2D eigenvalue weighted by Gasteiger charge is -2.27. The van der Waals surface area contributed by atoms with Crippen LogP contribution < -0.4 is 5.73 Å². The van der Waals surface area contributed by atoms with Gasteiger partial charge in [-0.05, 0) is 30.9 Å². The van der Waals surface area contributed by atoms with Gasteiger partial charge in [0.05, 0.1) is 0 Å². The normalized spacial score (nSPS) is 11.2. The molecule has 106 valence electrons. The number of nitrogens with zero attached hydrogens (tertiary/aromatic N) is 1. The lowest BCUT2D eigenvalue weighted by Crippen LogP contribution is -2.30. The number of hydrogen-bond donors (Lipinski definition) is 1. The first-order chi connectivity index (χ1) is 9.58. The van der Waals surface area contributed by atoms with Crippen molar-refractivity contribution in [1.29, 1.82) is 0 Å². The number of rotatable bonds is 6. The first-order valence-electron chi connectivity index (χ1n) is 6.72. The van der Waals surface area contributed by atoms with Crippen molar-refractivity contribution in [1.82, 2.24) is 4.90 Å². The summed E-state index contributed by atoms with van der Waals surface area (Å²) in [5, 5.41) is 2.12. The summed E-state index contributed by atoms with van der Waals surface area (Å²) < 4.78 is 0. The second kappa shape index (κ2) is 6.97. The summed E-state index contributed by atoms with van der Waals surface area (Å²) in [6.45, 7) is 6.26. The predicted octanol–water partition coefficient (Wildman–Crippen LogP) is 3.79. The van der Waals surface area contributed by atoms with Gasteiger partial charge in [0.15, 0.2) is 0 Å². The first kappa shape index (κ1) is 15.2. The molecule has 0 saturated carbocycles. The third-order valence-corrected chi connectivity index (χ3v) is 4.41. The van der Waals surface area contributed by atoms with Gasteiger partial charge in [-0.15, -0.1) is 11.3 Å². The highest BCUT2D eigenvalue weighted by molar-refractivity contribution is 7.80. The lowest BCUT2D eigenvalue weighted by atomic mass is 10.1. The Balaban J connectivity index is 2.18. The molecule has 0 spiro atoms. The summed E-state index contributed by atoms with van der Waals surface area (Å²) in [4.78, 5) is 4.29. The van der Waals surface area contributed by atoms with E-state index in [-0.39, 0.29) is 0 Å².